The van der Waals surface area contributed by atoms with E-state index in [1.54, 1.807) is 6.92 Å². The highest BCUT2D eigenvalue weighted by molar-refractivity contribution is 7.91. The van der Waals surface area contributed by atoms with E-state index in [9.17, 15) is 13.2 Å². The molecule has 0 aromatic rings. The van der Waals surface area contributed by atoms with Crippen molar-refractivity contribution in [3.05, 3.63) is 0 Å². The van der Waals surface area contributed by atoms with Crippen LogP contribution in [-0.2, 0) is 14.6 Å². The molecule has 138 valence electrons. The first-order valence-corrected chi connectivity index (χ1v) is 10.4. The van der Waals surface area contributed by atoms with E-state index in [1.165, 1.54) is 0 Å². The third kappa shape index (κ3) is 5.62. The molecule has 1 N–H and O–H groups in total. The third-order valence-corrected chi connectivity index (χ3v) is 6.08. The van der Waals surface area contributed by atoms with Crippen molar-refractivity contribution in [2.75, 3.05) is 70.4 Å². The first kappa shape index (κ1) is 19.0. The van der Waals surface area contributed by atoms with Crippen molar-refractivity contribution in [1.29, 1.82) is 0 Å². The summed E-state index contributed by atoms with van der Waals surface area (Å²) in [5.74, 6) is 1.51. The summed E-state index contributed by atoms with van der Waals surface area (Å²) in [6.07, 6.45) is 0. The smallest absolute Gasteiger partial charge is 0.219 e. The molecule has 0 bridgehead atoms. The lowest BCUT2D eigenvalue weighted by atomic mass is 10.3. The Morgan fingerprint density at radius 2 is 1.62 bits per heavy atom. The number of carbonyl (C=O) groups is 1. The van der Waals surface area contributed by atoms with Gasteiger partial charge >= 0.3 is 0 Å². The first-order valence-electron chi connectivity index (χ1n) is 8.63. The maximum Gasteiger partial charge on any atom is 0.219 e. The molecule has 0 radical (unpaired) electrons. The van der Waals surface area contributed by atoms with E-state index >= 15 is 0 Å². The number of nitrogens with zero attached hydrogens (tertiary/aromatic N) is 4. The fourth-order valence-electron chi connectivity index (χ4n) is 2.93. The average molecular weight is 359 g/mol. The standard InChI is InChI=1S/C15H29N5O3S/c1-3-16-15(20-8-6-19(7-9-20)14(2)21)17-4-5-18-10-12-24(22,23)13-11-18/h3-13H2,1-2H3,(H,16,17). The van der Waals surface area contributed by atoms with Crippen molar-refractivity contribution in [3.8, 4) is 0 Å². The molecule has 2 rings (SSSR count). The normalized spacial score (nSPS) is 22.5. The van der Waals surface area contributed by atoms with Gasteiger partial charge in [0.1, 0.15) is 0 Å². The Hall–Kier alpha value is -1.35. The molecule has 0 atom stereocenters. The summed E-state index contributed by atoms with van der Waals surface area (Å²) in [7, 11) is -2.83. The number of carbonyl (C=O) groups excluding carboxylic acids is 1. The van der Waals surface area contributed by atoms with E-state index in [0.29, 0.717) is 19.6 Å². The number of piperazine rings is 1. The maximum atomic E-state index is 11.4. The quantitative estimate of drug-likeness (QED) is 0.504. The van der Waals surface area contributed by atoms with Gasteiger partial charge in [-0.15, -0.1) is 0 Å². The second kappa shape index (κ2) is 8.66. The van der Waals surface area contributed by atoms with Crippen molar-refractivity contribution in [1.82, 2.24) is 20.0 Å². The molecule has 0 saturated carbocycles. The molecule has 8 nitrogen and oxygen atoms in total. The lowest BCUT2D eigenvalue weighted by molar-refractivity contribution is -0.130. The number of amides is 1. The van der Waals surface area contributed by atoms with Crippen molar-refractivity contribution in [2.24, 2.45) is 4.99 Å². The van der Waals surface area contributed by atoms with Crippen LogP contribution in [0.2, 0.25) is 0 Å². The molecule has 0 aliphatic carbocycles. The van der Waals surface area contributed by atoms with Gasteiger partial charge in [-0.3, -0.25) is 14.7 Å². The van der Waals surface area contributed by atoms with Gasteiger partial charge in [-0.05, 0) is 6.92 Å². The molecule has 0 spiro atoms. The molecule has 1 amide bonds. The summed E-state index contributed by atoms with van der Waals surface area (Å²) in [6.45, 7) is 10.1. The molecule has 9 heteroatoms. The average Bonchev–Trinajstić information content (AvgIpc) is 2.55. The summed E-state index contributed by atoms with van der Waals surface area (Å²) in [5.41, 5.74) is 0. The number of nitrogens with one attached hydrogen (secondary N) is 1. The maximum absolute atomic E-state index is 11.4. The lowest BCUT2D eigenvalue weighted by Gasteiger charge is -2.36. The van der Waals surface area contributed by atoms with E-state index in [4.69, 9.17) is 0 Å². The minimum atomic E-state index is -2.83. The fraction of sp³-hybridized carbons (Fsp3) is 0.867. The number of aliphatic imine (C=N–C) groups is 1. The first-order chi connectivity index (χ1) is 11.4. The molecule has 0 unspecified atom stereocenters. The van der Waals surface area contributed by atoms with Crippen LogP contribution in [-0.4, -0.2) is 105 Å². The van der Waals surface area contributed by atoms with Crippen LogP contribution >= 0.6 is 0 Å². The Labute approximate surface area is 144 Å². The molecule has 2 aliphatic heterocycles. The SMILES string of the molecule is CCNC(=NCCN1CCS(=O)(=O)CC1)N1CCN(C(C)=O)CC1. The molecule has 2 aliphatic rings. The van der Waals surface area contributed by atoms with Crippen LogP contribution in [0.15, 0.2) is 4.99 Å². The van der Waals surface area contributed by atoms with Gasteiger partial charge in [0.15, 0.2) is 15.8 Å². The van der Waals surface area contributed by atoms with Crippen molar-refractivity contribution < 1.29 is 13.2 Å². The summed E-state index contributed by atoms with van der Waals surface area (Å²) in [5, 5.41) is 3.31. The second-order valence-electron chi connectivity index (χ2n) is 6.22. The molecule has 24 heavy (non-hydrogen) atoms. The molecule has 0 aromatic heterocycles. The van der Waals surface area contributed by atoms with Gasteiger partial charge in [0.05, 0.1) is 18.1 Å². The van der Waals surface area contributed by atoms with Crippen LogP contribution < -0.4 is 5.32 Å². The predicted octanol–water partition coefficient (Wildman–Crippen LogP) is -1.15. The second-order valence-corrected chi connectivity index (χ2v) is 8.53. The zero-order valence-electron chi connectivity index (χ0n) is 14.7. The minimum Gasteiger partial charge on any atom is -0.357 e. The highest BCUT2D eigenvalue weighted by Crippen LogP contribution is 2.05. The molecule has 2 fully saturated rings. The number of rotatable bonds is 4. The van der Waals surface area contributed by atoms with E-state index in [2.05, 4.69) is 20.1 Å². The summed E-state index contributed by atoms with van der Waals surface area (Å²) in [6, 6.07) is 0. The summed E-state index contributed by atoms with van der Waals surface area (Å²) >= 11 is 0. The fourth-order valence-corrected chi connectivity index (χ4v) is 4.21. The Balaban J connectivity index is 1.82. The van der Waals surface area contributed by atoms with Gasteiger partial charge in [0.25, 0.3) is 0 Å². The van der Waals surface area contributed by atoms with Crippen LogP contribution in [0.5, 0.6) is 0 Å². The number of guanidine groups is 1. The number of sulfone groups is 1. The van der Waals surface area contributed by atoms with Crippen molar-refractivity contribution >= 4 is 21.7 Å². The van der Waals surface area contributed by atoms with E-state index in [-0.39, 0.29) is 17.4 Å². The van der Waals surface area contributed by atoms with E-state index in [1.807, 2.05) is 11.8 Å². The Kier molecular flexibility index (Phi) is 6.85. The Morgan fingerprint density at radius 1 is 1.04 bits per heavy atom. The van der Waals surface area contributed by atoms with Crippen LogP contribution in [0.4, 0.5) is 0 Å². The van der Waals surface area contributed by atoms with E-state index < -0.39 is 9.84 Å². The largest absolute Gasteiger partial charge is 0.357 e. The number of hydrogen-bond donors (Lipinski definition) is 1. The van der Waals surface area contributed by atoms with Crippen molar-refractivity contribution in [2.45, 2.75) is 13.8 Å². The van der Waals surface area contributed by atoms with Crippen LogP contribution in [0.1, 0.15) is 13.8 Å². The predicted molar refractivity (Wildman–Crippen MR) is 94.9 cm³/mol. The monoisotopic (exact) mass is 359 g/mol. The minimum absolute atomic E-state index is 0.122. The van der Waals surface area contributed by atoms with Gasteiger partial charge in [-0.1, -0.05) is 0 Å². The molecular formula is C15H29N5O3S. The van der Waals surface area contributed by atoms with Gasteiger partial charge in [-0.2, -0.15) is 0 Å². The van der Waals surface area contributed by atoms with Gasteiger partial charge < -0.3 is 15.1 Å². The van der Waals surface area contributed by atoms with Gasteiger partial charge in [-0.25, -0.2) is 8.42 Å². The summed E-state index contributed by atoms with van der Waals surface area (Å²) in [4.78, 5) is 22.3. The zero-order chi connectivity index (χ0) is 17.6. The van der Waals surface area contributed by atoms with Gasteiger partial charge in [0.2, 0.25) is 5.91 Å². The number of hydrogen-bond acceptors (Lipinski definition) is 5. The Bertz CT molecular complexity index is 541. The summed E-state index contributed by atoms with van der Waals surface area (Å²) < 4.78 is 22.9. The lowest BCUT2D eigenvalue weighted by Crippen LogP contribution is -2.53. The van der Waals surface area contributed by atoms with Crippen molar-refractivity contribution in [3.63, 3.8) is 0 Å². The van der Waals surface area contributed by atoms with Crippen LogP contribution in [0.3, 0.4) is 0 Å². The van der Waals surface area contributed by atoms with Gasteiger partial charge in [0, 0.05) is 59.3 Å². The molecule has 2 heterocycles. The van der Waals surface area contributed by atoms with Crippen LogP contribution in [0.25, 0.3) is 0 Å². The molecule has 0 aromatic carbocycles. The topological polar surface area (TPSA) is 85.3 Å². The molecular weight excluding hydrogens is 330 g/mol. The Morgan fingerprint density at radius 3 is 2.17 bits per heavy atom. The highest BCUT2D eigenvalue weighted by atomic mass is 32.2. The van der Waals surface area contributed by atoms with Crippen LogP contribution in [0, 0.1) is 0 Å². The highest BCUT2D eigenvalue weighted by Gasteiger charge is 2.22. The third-order valence-electron chi connectivity index (χ3n) is 4.47. The zero-order valence-corrected chi connectivity index (χ0v) is 15.5. The molecule has 2 saturated heterocycles. The van der Waals surface area contributed by atoms with E-state index in [0.717, 1.165) is 45.2 Å².